The minimum absolute atomic E-state index is 0.220. The van der Waals surface area contributed by atoms with Crippen molar-refractivity contribution in [1.82, 2.24) is 4.98 Å². The number of hydrogen-bond donors (Lipinski definition) is 1. The zero-order valence-corrected chi connectivity index (χ0v) is 22.2. The zero-order chi connectivity index (χ0) is 27.3. The Morgan fingerprint density at radius 1 is 1.03 bits per heavy atom. The average molecular weight is 560 g/mol. The van der Waals surface area contributed by atoms with Crippen LogP contribution < -0.4 is 9.47 Å². The van der Waals surface area contributed by atoms with Crippen LogP contribution in [0.4, 0.5) is 13.2 Å². The largest absolute Gasteiger partial charge is 0.487 e. The maximum atomic E-state index is 13.0. The first-order valence-electron chi connectivity index (χ1n) is 11.5. The molecule has 5 nitrogen and oxygen atoms in total. The molecule has 0 radical (unpaired) electrons. The van der Waals surface area contributed by atoms with Crippen LogP contribution in [0, 0.1) is 13.8 Å². The normalized spacial score (nSPS) is 11.4. The highest BCUT2D eigenvalue weighted by Gasteiger charge is 2.30. The van der Waals surface area contributed by atoms with E-state index in [0.717, 1.165) is 38.7 Å². The molecule has 38 heavy (non-hydrogen) atoms. The molecule has 0 unspecified atom stereocenters. The molecule has 0 bridgehead atoms. The van der Waals surface area contributed by atoms with Crippen molar-refractivity contribution in [3.63, 3.8) is 0 Å². The molecule has 0 fully saturated rings. The monoisotopic (exact) mass is 559 g/mol. The number of rotatable bonds is 10. The molecule has 0 saturated carbocycles. The fourth-order valence-corrected chi connectivity index (χ4v) is 5.72. The number of aromatic nitrogens is 1. The molecule has 4 rings (SSSR count). The van der Waals surface area contributed by atoms with E-state index in [-0.39, 0.29) is 6.61 Å². The van der Waals surface area contributed by atoms with E-state index in [0.29, 0.717) is 27.8 Å². The van der Waals surface area contributed by atoms with Gasteiger partial charge in [0.1, 0.15) is 23.1 Å². The Labute approximate surface area is 226 Å². The summed E-state index contributed by atoms with van der Waals surface area (Å²) in [5.41, 5.74) is 2.49. The number of thioether (sulfide) groups is 1. The van der Waals surface area contributed by atoms with Crippen molar-refractivity contribution in [3.8, 4) is 22.1 Å². The van der Waals surface area contributed by atoms with Crippen LogP contribution >= 0.6 is 23.1 Å². The molecule has 4 aromatic rings. The van der Waals surface area contributed by atoms with Crippen LogP contribution in [0.15, 0.2) is 71.6 Å². The lowest BCUT2D eigenvalue weighted by Gasteiger charge is -2.09. The summed E-state index contributed by atoms with van der Waals surface area (Å²) in [5, 5.41) is 9.44. The second-order valence-electron chi connectivity index (χ2n) is 8.47. The standard InChI is InChI=1S/C28H24F3NO4S2/c1-17-4-3-5-21(12-17)35-14-23-25(16-37-22-10-11-24(18(2)13-22)36-15-26(33)34)38-27(32-23)19-6-8-20(9-7-19)28(29,30)31/h3-13H,14-16H2,1-2H3,(H,33,34). The first kappa shape index (κ1) is 27.5. The molecule has 0 amide bonds. The fraction of sp³-hybridized carbons (Fsp3) is 0.214. The van der Waals surface area contributed by atoms with E-state index in [1.165, 1.54) is 23.5 Å². The summed E-state index contributed by atoms with van der Waals surface area (Å²) in [4.78, 5) is 17.4. The average Bonchev–Trinajstić information content (AvgIpc) is 3.28. The van der Waals surface area contributed by atoms with E-state index in [1.807, 2.05) is 50.2 Å². The maximum absolute atomic E-state index is 13.0. The molecule has 0 aliphatic carbocycles. The number of carbonyl (C=O) groups is 1. The number of carboxylic acid groups (broad SMARTS) is 1. The van der Waals surface area contributed by atoms with Crippen molar-refractivity contribution in [2.45, 2.75) is 37.3 Å². The van der Waals surface area contributed by atoms with Crippen molar-refractivity contribution in [2.24, 2.45) is 0 Å². The van der Waals surface area contributed by atoms with Crippen LogP contribution in [0.3, 0.4) is 0 Å². The molecule has 0 aliphatic rings. The highest BCUT2D eigenvalue weighted by atomic mass is 32.2. The van der Waals surface area contributed by atoms with Crippen LogP contribution in [-0.2, 0) is 23.3 Å². The topological polar surface area (TPSA) is 68.7 Å². The van der Waals surface area contributed by atoms with Gasteiger partial charge in [-0.2, -0.15) is 13.2 Å². The number of benzene rings is 3. The Balaban J connectivity index is 1.54. The van der Waals surface area contributed by atoms with Crippen molar-refractivity contribution >= 4 is 29.1 Å². The van der Waals surface area contributed by atoms with E-state index in [4.69, 9.17) is 19.6 Å². The summed E-state index contributed by atoms with van der Waals surface area (Å²) >= 11 is 2.99. The third kappa shape index (κ3) is 7.29. The SMILES string of the molecule is Cc1cccc(OCc2nc(-c3ccc(C(F)(F)F)cc3)sc2CSc2ccc(OCC(=O)O)c(C)c2)c1. The van der Waals surface area contributed by atoms with Gasteiger partial charge in [0.05, 0.1) is 11.3 Å². The van der Waals surface area contributed by atoms with Crippen molar-refractivity contribution in [1.29, 1.82) is 0 Å². The number of halogens is 3. The van der Waals surface area contributed by atoms with Gasteiger partial charge in [0, 0.05) is 21.1 Å². The van der Waals surface area contributed by atoms with Gasteiger partial charge in [0.15, 0.2) is 6.61 Å². The molecule has 0 atom stereocenters. The zero-order valence-electron chi connectivity index (χ0n) is 20.5. The van der Waals surface area contributed by atoms with Crippen LogP contribution in [0.1, 0.15) is 27.3 Å². The molecule has 0 saturated heterocycles. The maximum Gasteiger partial charge on any atom is 0.416 e. The molecule has 3 aromatic carbocycles. The number of nitrogens with zero attached hydrogens (tertiary/aromatic N) is 1. The molecular weight excluding hydrogens is 535 g/mol. The second-order valence-corrected chi connectivity index (χ2v) is 10.6. The van der Waals surface area contributed by atoms with Gasteiger partial charge in [-0.15, -0.1) is 23.1 Å². The predicted octanol–water partition coefficient (Wildman–Crippen LogP) is 7.78. The third-order valence-electron chi connectivity index (χ3n) is 5.47. The first-order chi connectivity index (χ1) is 18.1. The Hall–Kier alpha value is -3.50. The molecule has 1 heterocycles. The highest BCUT2D eigenvalue weighted by molar-refractivity contribution is 7.98. The molecule has 0 spiro atoms. The number of alkyl halides is 3. The fourth-order valence-electron chi connectivity index (χ4n) is 3.55. The van der Waals surface area contributed by atoms with Crippen molar-refractivity contribution in [2.75, 3.05) is 6.61 Å². The van der Waals surface area contributed by atoms with Gasteiger partial charge in [-0.1, -0.05) is 24.3 Å². The number of ether oxygens (including phenoxy) is 2. The number of hydrogen-bond acceptors (Lipinski definition) is 6. The van der Waals surface area contributed by atoms with E-state index < -0.39 is 24.3 Å². The molecule has 198 valence electrons. The van der Waals surface area contributed by atoms with Gasteiger partial charge < -0.3 is 14.6 Å². The van der Waals surface area contributed by atoms with Gasteiger partial charge in [0.25, 0.3) is 0 Å². The Kier molecular flexibility index (Phi) is 8.63. The minimum atomic E-state index is -4.40. The van der Waals surface area contributed by atoms with Crippen molar-refractivity contribution in [3.05, 3.63) is 94.0 Å². The highest BCUT2D eigenvalue weighted by Crippen LogP contribution is 2.36. The molecule has 1 aromatic heterocycles. The Morgan fingerprint density at radius 2 is 1.79 bits per heavy atom. The van der Waals surface area contributed by atoms with E-state index >= 15 is 0 Å². The summed E-state index contributed by atoms with van der Waals surface area (Å²) in [6.45, 7) is 3.63. The summed E-state index contributed by atoms with van der Waals surface area (Å²) in [6, 6.07) is 18.2. The number of thiazole rings is 1. The number of carboxylic acids is 1. The van der Waals surface area contributed by atoms with E-state index in [9.17, 15) is 18.0 Å². The van der Waals surface area contributed by atoms with E-state index in [2.05, 4.69) is 0 Å². The van der Waals surface area contributed by atoms with Crippen molar-refractivity contribution < 1.29 is 32.5 Å². The lowest BCUT2D eigenvalue weighted by molar-refractivity contribution is -0.139. The lowest BCUT2D eigenvalue weighted by Crippen LogP contribution is -2.09. The van der Waals surface area contributed by atoms with Gasteiger partial charge >= 0.3 is 12.1 Å². The third-order valence-corrected chi connectivity index (χ3v) is 7.82. The Bertz CT molecular complexity index is 1420. The Morgan fingerprint density at radius 3 is 2.45 bits per heavy atom. The van der Waals surface area contributed by atoms with Crippen LogP contribution in [-0.4, -0.2) is 22.7 Å². The predicted molar refractivity (Wildman–Crippen MR) is 142 cm³/mol. The lowest BCUT2D eigenvalue weighted by atomic mass is 10.1. The molecular formula is C28H24F3NO4S2. The summed E-state index contributed by atoms with van der Waals surface area (Å²) < 4.78 is 50.3. The smallest absolute Gasteiger partial charge is 0.416 e. The van der Waals surface area contributed by atoms with Crippen LogP contribution in [0.2, 0.25) is 0 Å². The molecule has 0 aliphatic heterocycles. The van der Waals surface area contributed by atoms with Gasteiger partial charge in [-0.25, -0.2) is 9.78 Å². The summed E-state index contributed by atoms with van der Waals surface area (Å²) in [5.74, 6) is 0.739. The van der Waals surface area contributed by atoms with Crippen LogP contribution in [0.25, 0.3) is 10.6 Å². The number of aryl methyl sites for hydroxylation is 2. The van der Waals surface area contributed by atoms with E-state index in [1.54, 1.807) is 17.8 Å². The number of aliphatic carboxylic acids is 1. The quantitative estimate of drug-likeness (QED) is 0.200. The summed E-state index contributed by atoms with van der Waals surface area (Å²) in [6.07, 6.45) is -4.40. The molecule has 1 N–H and O–H groups in total. The van der Waals surface area contributed by atoms with Gasteiger partial charge in [-0.3, -0.25) is 0 Å². The first-order valence-corrected chi connectivity index (χ1v) is 13.3. The van der Waals surface area contributed by atoms with Gasteiger partial charge in [0.2, 0.25) is 0 Å². The molecule has 10 heteroatoms. The van der Waals surface area contributed by atoms with Gasteiger partial charge in [-0.05, 0) is 67.4 Å². The summed E-state index contributed by atoms with van der Waals surface area (Å²) in [7, 11) is 0. The second kappa shape index (κ2) is 11.9. The van der Waals surface area contributed by atoms with Crippen LogP contribution in [0.5, 0.6) is 11.5 Å². The minimum Gasteiger partial charge on any atom is -0.487 e.